The van der Waals surface area contributed by atoms with Gasteiger partial charge in [0.2, 0.25) is 0 Å². The molecule has 0 aromatic carbocycles. The van der Waals surface area contributed by atoms with Gasteiger partial charge in [-0.25, -0.2) is 0 Å². The first kappa shape index (κ1) is 17.4. The fraction of sp³-hybridized carbons (Fsp3) is 0.769. The molecule has 0 aromatic rings. The summed E-state index contributed by atoms with van der Waals surface area (Å²) in [4.78, 5) is 33.6. The molecule has 1 rings (SSSR count). The van der Waals surface area contributed by atoms with E-state index in [1.165, 1.54) is 27.9 Å². The number of ether oxygens (including phenoxy) is 5. The lowest BCUT2D eigenvalue weighted by molar-refractivity contribution is -0.230. The van der Waals surface area contributed by atoms with Crippen molar-refractivity contribution in [2.45, 2.75) is 45.2 Å². The highest BCUT2D eigenvalue weighted by Crippen LogP contribution is 2.24. The average Bonchev–Trinajstić information content (AvgIpc) is 2.35. The Balaban J connectivity index is 2.97. The summed E-state index contributed by atoms with van der Waals surface area (Å²) >= 11 is 0. The van der Waals surface area contributed by atoms with Gasteiger partial charge in [0.25, 0.3) is 0 Å². The summed E-state index contributed by atoms with van der Waals surface area (Å²) in [5.74, 6) is -1.69. The number of esters is 3. The molecule has 1 aliphatic heterocycles. The molecule has 1 aliphatic rings. The molecule has 0 unspecified atom stereocenters. The molecule has 0 aromatic heterocycles. The normalized spacial score (nSPS) is 28.6. The maximum atomic E-state index is 11.3. The van der Waals surface area contributed by atoms with Crippen molar-refractivity contribution >= 4 is 17.9 Å². The van der Waals surface area contributed by atoms with E-state index in [9.17, 15) is 14.4 Å². The van der Waals surface area contributed by atoms with Gasteiger partial charge in [-0.15, -0.1) is 0 Å². The van der Waals surface area contributed by atoms with E-state index in [0.29, 0.717) is 0 Å². The van der Waals surface area contributed by atoms with Crippen LogP contribution in [-0.4, -0.2) is 62.6 Å². The molecule has 21 heavy (non-hydrogen) atoms. The molecule has 120 valence electrons. The Morgan fingerprint density at radius 1 is 0.952 bits per heavy atom. The smallest absolute Gasteiger partial charge is 0.303 e. The monoisotopic (exact) mass is 304 g/mol. The van der Waals surface area contributed by atoms with Crippen LogP contribution in [0.5, 0.6) is 0 Å². The van der Waals surface area contributed by atoms with Crippen LogP contribution in [-0.2, 0) is 38.1 Å². The van der Waals surface area contributed by atoms with E-state index in [4.69, 9.17) is 23.7 Å². The fourth-order valence-electron chi connectivity index (χ4n) is 2.12. The molecule has 0 amide bonds. The standard InChI is InChI=1S/C13H20O8/c1-7(14)19-11-6-18-10(5-17-4)12(20-8(2)15)13(11)21-9(3)16/h10-13H,5-6H2,1-4H3/t10-,11+,12+,13+/m1/s1. The number of carbonyl (C=O) groups is 3. The van der Waals surface area contributed by atoms with Crippen LogP contribution in [0.2, 0.25) is 0 Å². The Bertz CT molecular complexity index is 394. The molecule has 0 N–H and O–H groups in total. The number of hydrogen-bond donors (Lipinski definition) is 0. The van der Waals surface area contributed by atoms with Crippen LogP contribution in [0.4, 0.5) is 0 Å². The van der Waals surface area contributed by atoms with Gasteiger partial charge in [0.05, 0.1) is 13.2 Å². The van der Waals surface area contributed by atoms with Gasteiger partial charge in [-0.2, -0.15) is 0 Å². The van der Waals surface area contributed by atoms with Gasteiger partial charge in [0.15, 0.2) is 18.3 Å². The second-order valence-corrected chi connectivity index (χ2v) is 4.62. The van der Waals surface area contributed by atoms with Crippen molar-refractivity contribution in [3.63, 3.8) is 0 Å². The molecule has 1 saturated heterocycles. The number of hydrogen-bond acceptors (Lipinski definition) is 8. The molecule has 0 saturated carbocycles. The van der Waals surface area contributed by atoms with Crippen molar-refractivity contribution in [1.29, 1.82) is 0 Å². The van der Waals surface area contributed by atoms with Crippen LogP contribution in [0.15, 0.2) is 0 Å². The summed E-state index contributed by atoms with van der Waals surface area (Å²) in [6, 6.07) is 0. The molecule has 0 spiro atoms. The van der Waals surface area contributed by atoms with E-state index in [2.05, 4.69) is 0 Å². The van der Waals surface area contributed by atoms with Gasteiger partial charge < -0.3 is 23.7 Å². The van der Waals surface area contributed by atoms with Crippen molar-refractivity contribution in [3.8, 4) is 0 Å². The molecular formula is C13H20O8. The summed E-state index contributed by atoms with van der Waals surface area (Å²) in [6.45, 7) is 3.83. The molecule has 4 atom stereocenters. The van der Waals surface area contributed by atoms with Crippen LogP contribution in [0.3, 0.4) is 0 Å². The van der Waals surface area contributed by atoms with Crippen LogP contribution < -0.4 is 0 Å². The summed E-state index contributed by atoms with van der Waals surface area (Å²) in [6.07, 6.45) is -3.31. The Morgan fingerprint density at radius 3 is 1.95 bits per heavy atom. The van der Waals surface area contributed by atoms with E-state index in [1.807, 2.05) is 0 Å². The minimum absolute atomic E-state index is 0.0172. The molecule has 1 heterocycles. The summed E-state index contributed by atoms with van der Waals surface area (Å²) in [5.41, 5.74) is 0. The van der Waals surface area contributed by atoms with Crippen molar-refractivity contribution in [2.75, 3.05) is 20.3 Å². The second-order valence-electron chi connectivity index (χ2n) is 4.62. The molecule has 0 aliphatic carbocycles. The van der Waals surface area contributed by atoms with Crippen LogP contribution in [0.25, 0.3) is 0 Å². The van der Waals surface area contributed by atoms with E-state index in [0.717, 1.165) is 0 Å². The highest BCUT2D eigenvalue weighted by atomic mass is 16.6. The third-order valence-corrected chi connectivity index (χ3v) is 2.78. The van der Waals surface area contributed by atoms with Gasteiger partial charge in [-0.05, 0) is 0 Å². The van der Waals surface area contributed by atoms with Crippen molar-refractivity contribution in [1.82, 2.24) is 0 Å². The number of carbonyl (C=O) groups excluding carboxylic acids is 3. The lowest BCUT2D eigenvalue weighted by Crippen LogP contribution is -2.58. The lowest BCUT2D eigenvalue weighted by atomic mass is 9.99. The predicted molar refractivity (Wildman–Crippen MR) is 68.3 cm³/mol. The SMILES string of the molecule is COC[C@H]1OC[C@H](OC(C)=O)[C@H](OC(C)=O)[C@H]1OC(C)=O. The molecule has 8 heteroatoms. The molecule has 0 radical (unpaired) electrons. The van der Waals surface area contributed by atoms with Crippen LogP contribution >= 0.6 is 0 Å². The Labute approximate surface area is 122 Å². The summed E-state index contributed by atoms with van der Waals surface area (Å²) in [7, 11) is 1.47. The zero-order valence-electron chi connectivity index (χ0n) is 12.5. The molecule has 0 bridgehead atoms. The van der Waals surface area contributed by atoms with E-state index >= 15 is 0 Å². The molecule has 8 nitrogen and oxygen atoms in total. The average molecular weight is 304 g/mol. The van der Waals surface area contributed by atoms with E-state index in [-0.39, 0.29) is 13.2 Å². The van der Waals surface area contributed by atoms with Crippen molar-refractivity contribution in [2.24, 2.45) is 0 Å². The van der Waals surface area contributed by atoms with Gasteiger partial charge in [0, 0.05) is 27.9 Å². The van der Waals surface area contributed by atoms with Gasteiger partial charge in [-0.3, -0.25) is 14.4 Å². The van der Waals surface area contributed by atoms with Crippen LogP contribution in [0, 0.1) is 0 Å². The third kappa shape index (κ3) is 5.31. The first-order chi connectivity index (χ1) is 9.85. The highest BCUT2D eigenvalue weighted by Gasteiger charge is 2.46. The van der Waals surface area contributed by atoms with Crippen molar-refractivity contribution in [3.05, 3.63) is 0 Å². The zero-order chi connectivity index (χ0) is 16.0. The van der Waals surface area contributed by atoms with Gasteiger partial charge in [-0.1, -0.05) is 0 Å². The second kappa shape index (κ2) is 7.94. The number of methoxy groups -OCH3 is 1. The van der Waals surface area contributed by atoms with E-state index < -0.39 is 42.3 Å². The quantitative estimate of drug-likeness (QED) is 0.510. The first-order valence-electron chi connectivity index (χ1n) is 6.47. The minimum atomic E-state index is -0.941. The highest BCUT2D eigenvalue weighted by molar-refractivity contribution is 5.68. The summed E-state index contributed by atoms with van der Waals surface area (Å²) < 4.78 is 25.9. The Kier molecular flexibility index (Phi) is 6.57. The molecular weight excluding hydrogens is 284 g/mol. The van der Waals surface area contributed by atoms with Gasteiger partial charge in [0.1, 0.15) is 6.10 Å². The Morgan fingerprint density at radius 2 is 1.48 bits per heavy atom. The van der Waals surface area contributed by atoms with Crippen molar-refractivity contribution < 1.29 is 38.1 Å². The van der Waals surface area contributed by atoms with Gasteiger partial charge >= 0.3 is 17.9 Å². The van der Waals surface area contributed by atoms with E-state index in [1.54, 1.807) is 0 Å². The topological polar surface area (TPSA) is 97.4 Å². The maximum Gasteiger partial charge on any atom is 0.303 e. The Hall–Kier alpha value is -1.67. The fourth-order valence-corrected chi connectivity index (χ4v) is 2.12. The zero-order valence-corrected chi connectivity index (χ0v) is 12.5. The predicted octanol–water partition coefficient (Wildman–Crippen LogP) is -0.173. The number of rotatable bonds is 5. The van der Waals surface area contributed by atoms with Crippen LogP contribution in [0.1, 0.15) is 20.8 Å². The largest absolute Gasteiger partial charge is 0.456 e. The first-order valence-corrected chi connectivity index (χ1v) is 6.47. The summed E-state index contributed by atoms with van der Waals surface area (Å²) in [5, 5.41) is 0. The maximum absolute atomic E-state index is 11.3. The minimum Gasteiger partial charge on any atom is -0.456 e. The molecule has 1 fully saturated rings. The third-order valence-electron chi connectivity index (χ3n) is 2.78. The lowest BCUT2D eigenvalue weighted by Gasteiger charge is -2.40.